The second-order valence-electron chi connectivity index (χ2n) is 4.19. The van der Waals surface area contributed by atoms with E-state index in [0.29, 0.717) is 0 Å². The van der Waals surface area contributed by atoms with Crippen LogP contribution in [-0.4, -0.2) is 6.54 Å². The summed E-state index contributed by atoms with van der Waals surface area (Å²) in [5.74, 6) is 0. The lowest BCUT2D eigenvalue weighted by molar-refractivity contribution is 0.647. The first-order chi connectivity index (χ1) is 8.40. The molecule has 0 N–H and O–H groups in total. The summed E-state index contributed by atoms with van der Waals surface area (Å²) in [7, 11) is 0. The van der Waals surface area contributed by atoms with Crippen LogP contribution in [0.2, 0.25) is 0 Å². The zero-order chi connectivity index (χ0) is 11.7. The van der Waals surface area contributed by atoms with E-state index in [9.17, 15) is 0 Å². The molecule has 0 unspecified atom stereocenters. The maximum Gasteiger partial charge on any atom is 0.200 e. The first-order valence-corrected chi connectivity index (χ1v) is 6.85. The van der Waals surface area contributed by atoms with Crippen molar-refractivity contribution in [2.24, 2.45) is 0 Å². The number of nitrogens with zero attached hydrogens (tertiary/aromatic N) is 1. The monoisotopic (exact) mass is 241 g/mol. The lowest BCUT2D eigenvalue weighted by Crippen LogP contribution is -2.22. The third-order valence-corrected chi connectivity index (χ3v) is 4.11. The van der Waals surface area contributed by atoms with E-state index in [2.05, 4.69) is 60.4 Å². The Kier molecular flexibility index (Phi) is 2.91. The van der Waals surface area contributed by atoms with E-state index in [4.69, 9.17) is 0 Å². The quantitative estimate of drug-likeness (QED) is 0.693. The number of para-hydroxylation sites is 2. The molecule has 0 atom stereocenters. The highest BCUT2D eigenvalue weighted by Crippen LogP contribution is 2.47. The van der Waals surface area contributed by atoms with E-state index in [1.165, 1.54) is 21.2 Å². The van der Waals surface area contributed by atoms with Gasteiger partial charge in [0.15, 0.2) is 0 Å². The van der Waals surface area contributed by atoms with Crippen molar-refractivity contribution in [3.05, 3.63) is 48.5 Å². The van der Waals surface area contributed by atoms with Gasteiger partial charge in [-0.25, -0.2) is 0 Å². The molecule has 0 fully saturated rings. The molecule has 2 aromatic rings. The van der Waals surface area contributed by atoms with E-state index in [0.717, 1.165) is 13.0 Å². The Morgan fingerprint density at radius 3 is 1.94 bits per heavy atom. The van der Waals surface area contributed by atoms with Gasteiger partial charge in [0, 0.05) is 12.1 Å². The lowest BCUT2D eigenvalue weighted by atomic mass is 10.2. The van der Waals surface area contributed by atoms with Gasteiger partial charge in [0.1, 0.15) is 6.54 Å². The number of hydrogen-bond donors (Lipinski definition) is 0. The molecule has 1 radical (unpaired) electrons. The van der Waals surface area contributed by atoms with Crippen LogP contribution in [0.15, 0.2) is 58.3 Å². The fraction of sp³-hybridized carbons (Fsp3) is 0.200. The van der Waals surface area contributed by atoms with E-state index in [1.54, 1.807) is 0 Å². The summed E-state index contributed by atoms with van der Waals surface area (Å²) in [6.45, 7) is 3.31. The number of benzene rings is 2. The maximum absolute atomic E-state index is 2.43. The van der Waals surface area contributed by atoms with Gasteiger partial charge in [-0.3, -0.25) is 0 Å². The van der Waals surface area contributed by atoms with Crippen molar-refractivity contribution in [3.63, 3.8) is 0 Å². The zero-order valence-corrected chi connectivity index (χ0v) is 10.7. The second-order valence-corrected chi connectivity index (χ2v) is 5.27. The molecule has 0 bridgehead atoms. The molecule has 0 amide bonds. The Hall–Kier alpha value is -1.25. The van der Waals surface area contributed by atoms with Gasteiger partial charge in [0.2, 0.25) is 11.4 Å². The van der Waals surface area contributed by atoms with Gasteiger partial charge in [0.25, 0.3) is 0 Å². The van der Waals surface area contributed by atoms with Gasteiger partial charge in [-0.05, 0) is 18.6 Å². The fourth-order valence-electron chi connectivity index (χ4n) is 2.25. The first-order valence-electron chi connectivity index (χ1n) is 6.03. The minimum atomic E-state index is 1.08. The summed E-state index contributed by atoms with van der Waals surface area (Å²) in [5, 5.41) is 0. The minimum absolute atomic E-state index is 1.08. The lowest BCUT2D eigenvalue weighted by Gasteiger charge is -2.20. The highest BCUT2D eigenvalue weighted by molar-refractivity contribution is 7.99. The third-order valence-electron chi connectivity index (χ3n) is 2.98. The molecule has 0 aromatic heterocycles. The highest BCUT2D eigenvalue weighted by Gasteiger charge is 2.32. The molecule has 1 nitrogen and oxygen atoms in total. The van der Waals surface area contributed by atoms with Crippen LogP contribution in [0.5, 0.6) is 0 Å². The Labute approximate surface area is 106 Å². The molecule has 17 heavy (non-hydrogen) atoms. The molecule has 0 saturated heterocycles. The SMILES string of the molecule is CCC[N+]1c2ccccc2Sc2ccccc21. The van der Waals surface area contributed by atoms with Gasteiger partial charge in [-0.15, -0.1) is 0 Å². The Balaban J connectivity index is 2.13. The van der Waals surface area contributed by atoms with Crippen LogP contribution < -0.4 is 4.90 Å². The van der Waals surface area contributed by atoms with E-state index >= 15 is 0 Å². The molecular formula is C15H15NS+. The smallest absolute Gasteiger partial charge is 0.0952 e. The van der Waals surface area contributed by atoms with Crippen molar-refractivity contribution < 1.29 is 0 Å². The average Bonchev–Trinajstić information content (AvgIpc) is 2.39. The molecule has 0 aliphatic carbocycles. The van der Waals surface area contributed by atoms with E-state index < -0.39 is 0 Å². The van der Waals surface area contributed by atoms with Crippen molar-refractivity contribution in [2.45, 2.75) is 23.1 Å². The number of hydrogen-bond acceptors (Lipinski definition) is 2. The third kappa shape index (κ3) is 1.88. The van der Waals surface area contributed by atoms with E-state index in [-0.39, 0.29) is 0 Å². The molecule has 2 aromatic carbocycles. The molecule has 1 aliphatic rings. The second kappa shape index (κ2) is 4.55. The summed E-state index contributed by atoms with van der Waals surface area (Å²) < 4.78 is 0. The summed E-state index contributed by atoms with van der Waals surface area (Å²) in [6.07, 6.45) is 1.16. The Morgan fingerprint density at radius 2 is 1.41 bits per heavy atom. The van der Waals surface area contributed by atoms with Crippen LogP contribution in [0.1, 0.15) is 13.3 Å². The molecule has 1 aliphatic heterocycles. The van der Waals surface area contributed by atoms with Gasteiger partial charge in [0.05, 0.1) is 9.79 Å². The Morgan fingerprint density at radius 1 is 0.882 bits per heavy atom. The van der Waals surface area contributed by atoms with Crippen LogP contribution in [0.25, 0.3) is 0 Å². The highest BCUT2D eigenvalue weighted by atomic mass is 32.2. The summed E-state index contributed by atoms with van der Waals surface area (Å²) in [5.41, 5.74) is 2.69. The topological polar surface area (TPSA) is 5.90 Å². The standard InChI is InChI=1S/C15H15NS/c1-2-11-16-12-7-3-5-9-14(12)17-15-10-6-4-8-13(15)16/h3-10H,2,11H2,1H3/q+1. The van der Waals surface area contributed by atoms with Gasteiger partial charge < -0.3 is 0 Å². The summed E-state index contributed by atoms with van der Waals surface area (Å²) >= 11 is 1.87. The largest absolute Gasteiger partial charge is 0.200 e. The van der Waals surface area contributed by atoms with E-state index in [1.807, 2.05) is 11.8 Å². The van der Waals surface area contributed by atoms with Crippen LogP contribution in [0, 0.1) is 0 Å². The number of rotatable bonds is 2. The molecule has 0 saturated carbocycles. The first kappa shape index (κ1) is 10.9. The molecule has 1 heterocycles. The summed E-state index contributed by atoms with van der Waals surface area (Å²) in [4.78, 5) is 5.15. The molecule has 2 heteroatoms. The molecule has 3 rings (SSSR count). The van der Waals surface area contributed by atoms with Crippen molar-refractivity contribution in [1.29, 1.82) is 0 Å². The van der Waals surface area contributed by atoms with Crippen molar-refractivity contribution in [1.82, 2.24) is 4.90 Å². The Bertz CT molecular complexity index is 490. The normalized spacial score (nSPS) is 14.2. The van der Waals surface area contributed by atoms with Crippen molar-refractivity contribution >= 4 is 23.1 Å². The van der Waals surface area contributed by atoms with Crippen LogP contribution in [-0.2, 0) is 0 Å². The maximum atomic E-state index is 2.43. The predicted octanol–water partition coefficient (Wildman–Crippen LogP) is 4.66. The molecular weight excluding hydrogens is 226 g/mol. The molecule has 85 valence electrons. The van der Waals surface area contributed by atoms with Gasteiger partial charge >= 0.3 is 0 Å². The van der Waals surface area contributed by atoms with Crippen molar-refractivity contribution in [2.75, 3.05) is 6.54 Å². The number of fused-ring (bicyclic) bond motifs is 2. The van der Waals surface area contributed by atoms with Crippen molar-refractivity contribution in [3.8, 4) is 0 Å². The van der Waals surface area contributed by atoms with Crippen LogP contribution in [0.3, 0.4) is 0 Å². The van der Waals surface area contributed by atoms with Gasteiger partial charge in [-0.2, -0.15) is 0 Å². The minimum Gasteiger partial charge on any atom is -0.0952 e. The number of anilines is 2. The predicted molar refractivity (Wildman–Crippen MR) is 73.6 cm³/mol. The zero-order valence-electron chi connectivity index (χ0n) is 9.89. The average molecular weight is 241 g/mol. The van der Waals surface area contributed by atoms with Crippen LogP contribution >= 0.6 is 11.8 Å². The molecule has 0 spiro atoms. The van der Waals surface area contributed by atoms with Crippen LogP contribution in [0.4, 0.5) is 11.4 Å². The summed E-state index contributed by atoms with van der Waals surface area (Å²) in [6, 6.07) is 17.3. The van der Waals surface area contributed by atoms with Gasteiger partial charge in [-0.1, -0.05) is 47.9 Å². The fourth-order valence-corrected chi connectivity index (χ4v) is 3.34.